The van der Waals surface area contributed by atoms with Gasteiger partial charge in [-0.25, -0.2) is 9.79 Å². The molecule has 2 aliphatic rings. The summed E-state index contributed by atoms with van der Waals surface area (Å²) in [6, 6.07) is 9.15. The fraction of sp³-hybridized carbons (Fsp3) is 0.471. The van der Waals surface area contributed by atoms with Crippen LogP contribution in [0, 0.1) is 5.92 Å². The van der Waals surface area contributed by atoms with Crippen LogP contribution in [0.5, 0.6) is 0 Å². The van der Waals surface area contributed by atoms with Crippen LogP contribution in [0.4, 0.5) is 4.79 Å². The van der Waals surface area contributed by atoms with Gasteiger partial charge in [0.1, 0.15) is 0 Å². The first-order valence-corrected chi connectivity index (χ1v) is 9.04. The van der Waals surface area contributed by atoms with Crippen LogP contribution < -0.4 is 5.32 Å². The molecule has 0 radical (unpaired) electrons. The summed E-state index contributed by atoms with van der Waals surface area (Å²) in [4.78, 5) is 32.5. The maximum absolute atomic E-state index is 12.4. The molecule has 1 aromatic rings. The summed E-state index contributed by atoms with van der Waals surface area (Å²) < 4.78 is 0. The third-order valence-electron chi connectivity index (χ3n) is 4.06. The van der Waals surface area contributed by atoms with Crippen molar-refractivity contribution in [2.75, 3.05) is 12.8 Å². The Balaban J connectivity index is 1.88. The highest BCUT2D eigenvalue weighted by molar-refractivity contribution is 8.13. The lowest BCUT2D eigenvalue weighted by molar-refractivity contribution is -0.127. The molecule has 2 aliphatic heterocycles. The molecule has 0 spiro atoms. The van der Waals surface area contributed by atoms with E-state index in [2.05, 4.69) is 19.2 Å². The summed E-state index contributed by atoms with van der Waals surface area (Å²) in [7, 11) is 1.68. The maximum atomic E-state index is 12.4. The van der Waals surface area contributed by atoms with E-state index in [1.807, 2.05) is 35.2 Å². The zero-order valence-electron chi connectivity index (χ0n) is 14.1. The molecule has 1 fully saturated rings. The summed E-state index contributed by atoms with van der Waals surface area (Å²) in [5.41, 5.74) is 1.11. The van der Waals surface area contributed by atoms with Crippen molar-refractivity contribution in [2.24, 2.45) is 10.9 Å². The van der Waals surface area contributed by atoms with E-state index in [-0.39, 0.29) is 11.9 Å². The molecule has 2 atom stereocenters. The van der Waals surface area contributed by atoms with Crippen LogP contribution in [0.25, 0.3) is 0 Å². The summed E-state index contributed by atoms with van der Waals surface area (Å²) in [6.07, 6.45) is -0.454. The minimum Gasteiger partial charge on any atom is -0.331 e. The average Bonchev–Trinajstić information content (AvgIpc) is 2.91. The van der Waals surface area contributed by atoms with Crippen LogP contribution in [-0.2, 0) is 11.3 Å². The summed E-state index contributed by atoms with van der Waals surface area (Å²) in [5.74, 6) is 1.16. The van der Waals surface area contributed by atoms with Crippen molar-refractivity contribution in [3.8, 4) is 0 Å². The molecule has 1 N–H and O–H groups in total. The number of aliphatic imine (C=N–C) groups is 1. The first-order valence-electron chi connectivity index (χ1n) is 8.06. The zero-order valence-corrected chi connectivity index (χ0v) is 14.9. The standard InChI is InChI=1S/C17H22N4O2S/c1-11(2)10-24-17-18-14-13(15(22)19-16(23)20(14)3)21(17)9-12-7-5-4-6-8-12/h4-8,11,13-14H,9-10H2,1-3H3,(H,19,22,23). The molecule has 0 aromatic heterocycles. The molecule has 6 nitrogen and oxygen atoms in total. The SMILES string of the molecule is CC(C)CSC1=NC2C(C(=O)NC(=O)N2C)N1Cc1ccccc1. The van der Waals surface area contributed by atoms with Gasteiger partial charge in [0, 0.05) is 19.3 Å². The molecule has 3 rings (SSSR count). The summed E-state index contributed by atoms with van der Waals surface area (Å²) in [5, 5.41) is 3.26. The normalized spacial score (nSPS) is 23.4. The molecule has 1 saturated heterocycles. The highest BCUT2D eigenvalue weighted by Crippen LogP contribution is 2.30. The molecular formula is C17H22N4O2S. The third-order valence-corrected chi connectivity index (χ3v) is 5.50. The average molecular weight is 346 g/mol. The van der Waals surface area contributed by atoms with Crippen molar-refractivity contribution >= 4 is 28.9 Å². The summed E-state index contributed by atoms with van der Waals surface area (Å²) >= 11 is 1.65. The molecule has 0 bridgehead atoms. The van der Waals surface area contributed by atoms with Gasteiger partial charge in [0.15, 0.2) is 17.4 Å². The number of hydrogen-bond acceptors (Lipinski definition) is 5. The van der Waals surface area contributed by atoms with Gasteiger partial charge in [-0.15, -0.1) is 0 Å². The number of benzene rings is 1. The van der Waals surface area contributed by atoms with Gasteiger partial charge in [0.2, 0.25) is 0 Å². The van der Waals surface area contributed by atoms with Gasteiger partial charge in [-0.05, 0) is 11.5 Å². The highest BCUT2D eigenvalue weighted by atomic mass is 32.2. The number of nitrogens with zero attached hydrogens (tertiary/aromatic N) is 3. The van der Waals surface area contributed by atoms with E-state index in [1.165, 1.54) is 4.90 Å². The second kappa shape index (κ2) is 6.84. The maximum Gasteiger partial charge on any atom is 0.325 e. The Labute approximate surface area is 146 Å². The Morgan fingerprint density at radius 2 is 1.96 bits per heavy atom. The molecule has 0 saturated carbocycles. The predicted octanol–water partition coefficient (Wildman–Crippen LogP) is 2.12. The molecule has 2 heterocycles. The first-order chi connectivity index (χ1) is 11.5. The van der Waals surface area contributed by atoms with E-state index in [9.17, 15) is 9.59 Å². The number of amides is 3. The Hall–Kier alpha value is -2.02. The molecule has 0 aliphatic carbocycles. The van der Waals surface area contributed by atoms with Gasteiger partial charge >= 0.3 is 6.03 Å². The minimum atomic E-state index is -0.470. The largest absolute Gasteiger partial charge is 0.331 e. The minimum absolute atomic E-state index is 0.275. The van der Waals surface area contributed by atoms with Crippen molar-refractivity contribution < 1.29 is 9.59 Å². The van der Waals surface area contributed by atoms with E-state index in [1.54, 1.807) is 18.8 Å². The van der Waals surface area contributed by atoms with Crippen LogP contribution in [0.3, 0.4) is 0 Å². The second-order valence-electron chi connectivity index (χ2n) is 6.49. The Morgan fingerprint density at radius 1 is 1.25 bits per heavy atom. The lowest BCUT2D eigenvalue weighted by Gasteiger charge is -2.36. The molecule has 128 valence electrons. The monoisotopic (exact) mass is 346 g/mol. The number of carbonyl (C=O) groups excluding carboxylic acids is 2. The first kappa shape index (κ1) is 16.8. The molecule has 24 heavy (non-hydrogen) atoms. The molecule has 7 heteroatoms. The van der Waals surface area contributed by atoms with Crippen molar-refractivity contribution in [1.82, 2.24) is 15.1 Å². The van der Waals surface area contributed by atoms with Gasteiger partial charge in [0.05, 0.1) is 0 Å². The van der Waals surface area contributed by atoms with Crippen LogP contribution >= 0.6 is 11.8 Å². The number of fused-ring (bicyclic) bond motifs is 1. The van der Waals surface area contributed by atoms with Crippen molar-refractivity contribution in [1.29, 1.82) is 0 Å². The Bertz CT molecular complexity index is 662. The number of amidine groups is 1. The van der Waals surface area contributed by atoms with E-state index in [0.29, 0.717) is 12.5 Å². The van der Waals surface area contributed by atoms with Crippen molar-refractivity contribution in [3.05, 3.63) is 35.9 Å². The van der Waals surface area contributed by atoms with Crippen LogP contribution in [0.1, 0.15) is 19.4 Å². The lowest BCUT2D eigenvalue weighted by Crippen LogP contribution is -2.63. The van der Waals surface area contributed by atoms with Crippen molar-refractivity contribution in [2.45, 2.75) is 32.6 Å². The fourth-order valence-electron chi connectivity index (χ4n) is 2.81. The van der Waals surface area contributed by atoms with E-state index in [0.717, 1.165) is 16.5 Å². The van der Waals surface area contributed by atoms with Crippen LogP contribution in [0.15, 0.2) is 35.3 Å². The Morgan fingerprint density at radius 3 is 2.62 bits per heavy atom. The molecule has 2 unspecified atom stereocenters. The summed E-state index contributed by atoms with van der Waals surface area (Å²) in [6.45, 7) is 4.90. The number of likely N-dealkylation sites (N-methyl/N-ethyl adjacent to an activating group) is 1. The van der Waals surface area contributed by atoms with Gasteiger partial charge in [-0.2, -0.15) is 0 Å². The van der Waals surface area contributed by atoms with Gasteiger partial charge in [-0.3, -0.25) is 10.1 Å². The fourth-order valence-corrected chi connectivity index (χ4v) is 3.82. The Kier molecular flexibility index (Phi) is 4.80. The van der Waals surface area contributed by atoms with E-state index >= 15 is 0 Å². The number of carbonyl (C=O) groups is 2. The third kappa shape index (κ3) is 3.26. The van der Waals surface area contributed by atoms with Crippen LogP contribution in [0.2, 0.25) is 0 Å². The molecule has 1 aromatic carbocycles. The number of thioether (sulfide) groups is 1. The van der Waals surface area contributed by atoms with Gasteiger partial charge < -0.3 is 9.80 Å². The number of nitrogens with one attached hydrogen (secondary N) is 1. The molecular weight excluding hydrogens is 324 g/mol. The van der Waals surface area contributed by atoms with E-state index < -0.39 is 12.2 Å². The molecule has 3 amide bonds. The zero-order chi connectivity index (χ0) is 17.3. The topological polar surface area (TPSA) is 65.0 Å². The number of hydrogen-bond donors (Lipinski definition) is 1. The van der Waals surface area contributed by atoms with Crippen LogP contribution in [-0.4, -0.2) is 51.9 Å². The van der Waals surface area contributed by atoms with Crippen molar-refractivity contribution in [3.63, 3.8) is 0 Å². The number of rotatable bonds is 4. The number of imide groups is 1. The lowest BCUT2D eigenvalue weighted by atomic mass is 10.1. The van der Waals surface area contributed by atoms with Gasteiger partial charge in [0.25, 0.3) is 5.91 Å². The predicted molar refractivity (Wildman–Crippen MR) is 95.6 cm³/mol. The van der Waals surface area contributed by atoms with E-state index in [4.69, 9.17) is 4.99 Å². The quantitative estimate of drug-likeness (QED) is 0.907. The highest BCUT2D eigenvalue weighted by Gasteiger charge is 2.48. The number of urea groups is 1. The second-order valence-corrected chi connectivity index (χ2v) is 7.48. The smallest absolute Gasteiger partial charge is 0.325 e. The van der Waals surface area contributed by atoms with Gasteiger partial charge in [-0.1, -0.05) is 55.9 Å².